The Balaban J connectivity index is 1.80. The van der Waals surface area contributed by atoms with Gasteiger partial charge < -0.3 is 8.92 Å². The summed E-state index contributed by atoms with van der Waals surface area (Å²) in [4.78, 5) is 22.1. The molecular weight excluding hydrogens is 598 g/mol. The van der Waals surface area contributed by atoms with Gasteiger partial charge in [0.2, 0.25) is 0 Å². The van der Waals surface area contributed by atoms with Crippen LogP contribution >= 0.6 is 31.9 Å². The van der Waals surface area contributed by atoms with E-state index in [0.717, 1.165) is 24.3 Å². The number of carbonyl (C=O) groups excluding carboxylic acids is 1. The second kappa shape index (κ2) is 10.8. The van der Waals surface area contributed by atoms with Crippen LogP contribution in [-0.4, -0.2) is 32.6 Å². The van der Waals surface area contributed by atoms with Crippen LogP contribution in [0.15, 0.2) is 79.6 Å². The largest absolute Gasteiger partial charge is 0.493 e. The quantitative estimate of drug-likeness (QED) is 0.169. The van der Waals surface area contributed by atoms with Gasteiger partial charge in [-0.3, -0.25) is 14.9 Å². The number of methoxy groups -OCH3 is 1. The smallest absolute Gasteiger partial charge is 0.339 e. The molecule has 0 fully saturated rings. The average Bonchev–Trinajstić information content (AvgIpc) is 2.80. The highest BCUT2D eigenvalue weighted by Crippen LogP contribution is 2.38. The summed E-state index contributed by atoms with van der Waals surface area (Å²) in [5, 5.41) is 14.7. The van der Waals surface area contributed by atoms with Crippen LogP contribution in [-0.2, 0) is 10.1 Å². The number of nitro groups is 1. The van der Waals surface area contributed by atoms with Crippen LogP contribution in [0.4, 0.5) is 5.69 Å². The maximum atomic E-state index is 12.7. The molecule has 1 amide bonds. The van der Waals surface area contributed by atoms with E-state index in [4.69, 9.17) is 8.92 Å². The summed E-state index contributed by atoms with van der Waals surface area (Å²) < 4.78 is 36.6. The molecule has 0 aliphatic rings. The van der Waals surface area contributed by atoms with E-state index in [1.165, 1.54) is 25.5 Å². The van der Waals surface area contributed by atoms with Gasteiger partial charge in [0, 0.05) is 16.6 Å². The van der Waals surface area contributed by atoms with Crippen LogP contribution in [0.1, 0.15) is 15.9 Å². The number of ether oxygens (including phenoxy) is 1. The highest BCUT2D eigenvalue weighted by atomic mass is 79.9. The van der Waals surface area contributed by atoms with Crippen molar-refractivity contribution < 1.29 is 27.1 Å². The topological polar surface area (TPSA) is 137 Å². The normalized spacial score (nSPS) is 11.3. The average molecular weight is 613 g/mol. The fourth-order valence-electron chi connectivity index (χ4n) is 2.66. The predicted octanol–water partition coefficient (Wildman–Crippen LogP) is 4.66. The van der Waals surface area contributed by atoms with Crippen LogP contribution in [0.3, 0.4) is 0 Å². The van der Waals surface area contributed by atoms with Crippen LogP contribution in [0.5, 0.6) is 11.5 Å². The lowest BCUT2D eigenvalue weighted by molar-refractivity contribution is -0.384. The van der Waals surface area contributed by atoms with Crippen molar-refractivity contribution in [3.05, 3.63) is 90.9 Å². The summed E-state index contributed by atoms with van der Waals surface area (Å²) in [5.41, 5.74) is 3.02. The van der Waals surface area contributed by atoms with Crippen molar-refractivity contribution in [2.75, 3.05) is 7.11 Å². The zero-order valence-electron chi connectivity index (χ0n) is 17.3. The fourth-order valence-corrected chi connectivity index (χ4v) is 4.73. The number of amides is 1. The number of hydrogen-bond donors (Lipinski definition) is 1. The molecular formula is C21H15Br2N3O7S. The van der Waals surface area contributed by atoms with Gasteiger partial charge in [-0.1, -0.05) is 12.1 Å². The minimum absolute atomic E-state index is 0.0680. The van der Waals surface area contributed by atoms with E-state index in [-0.39, 0.29) is 26.6 Å². The fraction of sp³-hybridized carbons (Fsp3) is 0.0476. The van der Waals surface area contributed by atoms with Crippen LogP contribution in [0, 0.1) is 10.1 Å². The summed E-state index contributed by atoms with van der Waals surface area (Å²) >= 11 is 6.54. The van der Waals surface area contributed by atoms with Gasteiger partial charge in [0.15, 0.2) is 11.5 Å². The van der Waals surface area contributed by atoms with E-state index < -0.39 is 20.9 Å². The van der Waals surface area contributed by atoms with Gasteiger partial charge in [0.05, 0.1) is 28.3 Å². The Hall–Kier alpha value is -3.29. The maximum Gasteiger partial charge on any atom is 0.339 e. The molecule has 0 saturated carbocycles. The van der Waals surface area contributed by atoms with E-state index in [9.17, 15) is 23.3 Å². The first kappa shape index (κ1) is 25.3. The molecule has 0 atom stereocenters. The molecule has 34 heavy (non-hydrogen) atoms. The minimum atomic E-state index is -4.31. The molecule has 1 N–H and O–H groups in total. The maximum absolute atomic E-state index is 12.7. The van der Waals surface area contributed by atoms with Crippen molar-refractivity contribution >= 4 is 59.8 Å². The summed E-state index contributed by atoms with van der Waals surface area (Å²) in [6.45, 7) is 0. The van der Waals surface area contributed by atoms with Crippen molar-refractivity contribution in [2.45, 2.75) is 4.90 Å². The highest BCUT2D eigenvalue weighted by Gasteiger charge is 2.23. The van der Waals surface area contributed by atoms with Crippen molar-refractivity contribution in [1.82, 2.24) is 5.43 Å². The second-order valence-corrected chi connectivity index (χ2v) is 9.76. The first-order chi connectivity index (χ1) is 16.1. The van der Waals surface area contributed by atoms with Crippen molar-refractivity contribution in [1.29, 1.82) is 0 Å². The SMILES string of the molecule is COc1cc(/C=N\NC(=O)c2ccccc2Br)cc(Br)c1OS(=O)(=O)c1ccc([N+](=O)[O-])cc1. The van der Waals surface area contributed by atoms with E-state index in [0.29, 0.717) is 15.6 Å². The number of non-ortho nitro benzene ring substituents is 1. The summed E-state index contributed by atoms with van der Waals surface area (Å²) in [7, 11) is -2.99. The molecule has 176 valence electrons. The summed E-state index contributed by atoms with van der Waals surface area (Å²) in [5.74, 6) is -0.488. The molecule has 10 nitrogen and oxygen atoms in total. The molecule has 0 radical (unpaired) electrons. The zero-order valence-corrected chi connectivity index (χ0v) is 21.3. The van der Waals surface area contributed by atoms with Gasteiger partial charge in [-0.2, -0.15) is 13.5 Å². The van der Waals surface area contributed by atoms with Crippen molar-refractivity contribution in [2.24, 2.45) is 5.10 Å². The number of nitro benzene ring substituents is 1. The van der Waals surface area contributed by atoms with Gasteiger partial charge in [-0.25, -0.2) is 5.43 Å². The standard InChI is InChI=1S/C21H15Br2N3O7S/c1-32-19-11-13(12-24-25-21(27)16-4-2-3-5-17(16)22)10-18(23)20(19)33-34(30,31)15-8-6-14(7-9-15)26(28)29/h2-12H,1H3,(H,25,27)/b24-12-. The molecule has 0 spiro atoms. The summed E-state index contributed by atoms with van der Waals surface area (Å²) in [6.07, 6.45) is 1.34. The highest BCUT2D eigenvalue weighted by molar-refractivity contribution is 9.10. The Kier molecular flexibility index (Phi) is 8.02. The van der Waals surface area contributed by atoms with Gasteiger partial charge in [0.1, 0.15) is 4.90 Å². The first-order valence-corrected chi connectivity index (χ1v) is 12.3. The molecule has 0 aliphatic carbocycles. The number of rotatable bonds is 8. The summed E-state index contributed by atoms with van der Waals surface area (Å²) in [6, 6.07) is 14.1. The third-order valence-electron chi connectivity index (χ3n) is 4.28. The van der Waals surface area contributed by atoms with Crippen molar-refractivity contribution in [3.8, 4) is 11.5 Å². The first-order valence-electron chi connectivity index (χ1n) is 9.27. The van der Waals surface area contributed by atoms with Gasteiger partial charge in [-0.15, -0.1) is 0 Å². The van der Waals surface area contributed by atoms with E-state index >= 15 is 0 Å². The molecule has 0 heterocycles. The lowest BCUT2D eigenvalue weighted by Crippen LogP contribution is -2.18. The van der Waals surface area contributed by atoms with E-state index in [1.54, 1.807) is 24.3 Å². The molecule has 13 heteroatoms. The van der Waals surface area contributed by atoms with Gasteiger partial charge >= 0.3 is 10.1 Å². The minimum Gasteiger partial charge on any atom is -0.493 e. The number of nitrogens with zero attached hydrogens (tertiary/aromatic N) is 2. The number of nitrogens with one attached hydrogen (secondary N) is 1. The molecule has 0 unspecified atom stereocenters. The molecule has 0 aliphatic heterocycles. The Bertz CT molecular complexity index is 1380. The zero-order chi connectivity index (χ0) is 24.9. The molecule has 0 bridgehead atoms. The third kappa shape index (κ3) is 5.98. The van der Waals surface area contributed by atoms with Crippen LogP contribution in [0.2, 0.25) is 0 Å². The predicted molar refractivity (Wildman–Crippen MR) is 131 cm³/mol. The lowest BCUT2D eigenvalue weighted by Gasteiger charge is -2.13. The third-order valence-corrected chi connectivity index (χ3v) is 6.80. The molecule has 3 aromatic rings. The molecule has 0 saturated heterocycles. The monoisotopic (exact) mass is 611 g/mol. The number of hydrogen-bond acceptors (Lipinski definition) is 8. The Morgan fingerprint density at radius 1 is 1.09 bits per heavy atom. The second-order valence-electron chi connectivity index (χ2n) is 6.50. The van der Waals surface area contributed by atoms with Crippen molar-refractivity contribution in [3.63, 3.8) is 0 Å². The number of carbonyl (C=O) groups is 1. The van der Waals surface area contributed by atoms with Crippen LogP contribution < -0.4 is 14.3 Å². The Labute approximate surface area is 211 Å². The molecule has 3 rings (SSSR count). The molecule has 3 aromatic carbocycles. The van der Waals surface area contributed by atoms with E-state index in [1.807, 2.05) is 0 Å². The number of halogens is 2. The van der Waals surface area contributed by atoms with Crippen LogP contribution in [0.25, 0.3) is 0 Å². The number of benzene rings is 3. The molecule has 0 aromatic heterocycles. The van der Waals surface area contributed by atoms with Gasteiger partial charge in [-0.05, 0) is 73.8 Å². The van der Waals surface area contributed by atoms with E-state index in [2.05, 4.69) is 42.4 Å². The number of hydrazone groups is 1. The Morgan fingerprint density at radius 3 is 2.38 bits per heavy atom. The lowest BCUT2D eigenvalue weighted by atomic mass is 10.2. The van der Waals surface area contributed by atoms with Gasteiger partial charge in [0.25, 0.3) is 11.6 Å². The Morgan fingerprint density at radius 2 is 1.76 bits per heavy atom.